The largest absolute Gasteiger partial charge is 0.309 e. The standard InChI is InChI=1S/C14H15N3.C2H6/c1-4-12-14(15-3)17(5-2)13(16-12)11-9-7-6-8-10-11;1-2/h4,6-10H,1,3,5H2,2H3;1-2H3. The first-order valence-corrected chi connectivity index (χ1v) is 6.57. The fourth-order valence-electron chi connectivity index (χ4n) is 1.87. The molecule has 1 aromatic carbocycles. The summed E-state index contributed by atoms with van der Waals surface area (Å²) < 4.78 is 2.04. The summed E-state index contributed by atoms with van der Waals surface area (Å²) in [6, 6.07) is 10.1. The maximum Gasteiger partial charge on any atom is 0.159 e. The molecule has 0 aliphatic heterocycles. The number of benzene rings is 1. The number of hydrogen-bond acceptors (Lipinski definition) is 2. The molecule has 0 bridgehead atoms. The molecular weight excluding hydrogens is 234 g/mol. The molecule has 19 heavy (non-hydrogen) atoms. The van der Waals surface area contributed by atoms with Crippen molar-refractivity contribution in [3.8, 4) is 11.4 Å². The number of rotatable bonds is 4. The van der Waals surface area contributed by atoms with Crippen LogP contribution in [0, 0.1) is 0 Å². The summed E-state index contributed by atoms with van der Waals surface area (Å²) in [6.45, 7) is 14.2. The van der Waals surface area contributed by atoms with E-state index in [9.17, 15) is 0 Å². The van der Waals surface area contributed by atoms with Crippen molar-refractivity contribution in [3.05, 3.63) is 42.6 Å². The highest BCUT2D eigenvalue weighted by Crippen LogP contribution is 2.28. The Morgan fingerprint density at radius 3 is 2.37 bits per heavy atom. The van der Waals surface area contributed by atoms with E-state index in [1.165, 1.54) is 0 Å². The number of nitrogens with zero attached hydrogens (tertiary/aromatic N) is 3. The van der Waals surface area contributed by atoms with Gasteiger partial charge in [-0.2, -0.15) is 0 Å². The van der Waals surface area contributed by atoms with Crippen molar-refractivity contribution < 1.29 is 0 Å². The van der Waals surface area contributed by atoms with E-state index in [0.29, 0.717) is 0 Å². The third-order valence-corrected chi connectivity index (χ3v) is 2.66. The van der Waals surface area contributed by atoms with Crippen molar-refractivity contribution in [3.63, 3.8) is 0 Å². The Morgan fingerprint density at radius 2 is 1.89 bits per heavy atom. The van der Waals surface area contributed by atoms with Gasteiger partial charge in [-0.15, -0.1) is 0 Å². The number of hydrogen-bond donors (Lipinski definition) is 0. The fraction of sp³-hybridized carbons (Fsp3) is 0.250. The van der Waals surface area contributed by atoms with Gasteiger partial charge in [0.05, 0.1) is 0 Å². The van der Waals surface area contributed by atoms with E-state index in [-0.39, 0.29) is 0 Å². The SMILES string of the molecule is C=Cc1nc(-c2ccccc2)n(CC)c1N=C.CC. The number of imidazole rings is 1. The Labute approximate surface area is 115 Å². The van der Waals surface area contributed by atoms with Gasteiger partial charge in [-0.3, -0.25) is 0 Å². The van der Waals surface area contributed by atoms with E-state index in [4.69, 9.17) is 0 Å². The average Bonchev–Trinajstić information content (AvgIpc) is 2.87. The smallest absolute Gasteiger partial charge is 0.159 e. The van der Waals surface area contributed by atoms with E-state index in [2.05, 4.69) is 30.2 Å². The van der Waals surface area contributed by atoms with E-state index >= 15 is 0 Å². The van der Waals surface area contributed by atoms with Gasteiger partial charge in [-0.25, -0.2) is 9.98 Å². The zero-order valence-corrected chi connectivity index (χ0v) is 11.9. The van der Waals surface area contributed by atoms with Gasteiger partial charge in [0.1, 0.15) is 11.5 Å². The Morgan fingerprint density at radius 1 is 1.26 bits per heavy atom. The molecule has 0 N–H and O–H groups in total. The molecule has 0 radical (unpaired) electrons. The first-order chi connectivity index (χ1) is 9.31. The molecule has 3 heteroatoms. The average molecular weight is 255 g/mol. The highest BCUT2D eigenvalue weighted by molar-refractivity contribution is 5.67. The lowest BCUT2D eigenvalue weighted by Gasteiger charge is -2.06. The molecule has 0 saturated carbocycles. The van der Waals surface area contributed by atoms with Crippen molar-refractivity contribution in [1.82, 2.24) is 9.55 Å². The minimum absolute atomic E-state index is 0.778. The number of aromatic nitrogens is 2. The van der Waals surface area contributed by atoms with Crippen LogP contribution < -0.4 is 0 Å². The molecule has 2 aromatic rings. The lowest BCUT2D eigenvalue weighted by Crippen LogP contribution is -1.96. The summed E-state index contributed by atoms with van der Waals surface area (Å²) in [5.74, 6) is 1.69. The molecule has 0 atom stereocenters. The van der Waals surface area contributed by atoms with Gasteiger partial charge in [-0.1, -0.05) is 50.8 Å². The van der Waals surface area contributed by atoms with Gasteiger partial charge in [0, 0.05) is 12.1 Å². The first kappa shape index (κ1) is 14.9. The van der Waals surface area contributed by atoms with Crippen LogP contribution in [0.5, 0.6) is 0 Å². The molecule has 0 fully saturated rings. The first-order valence-electron chi connectivity index (χ1n) is 6.57. The van der Waals surface area contributed by atoms with Crippen molar-refractivity contribution in [2.75, 3.05) is 0 Å². The maximum atomic E-state index is 4.55. The van der Waals surface area contributed by atoms with Crippen LogP contribution in [-0.4, -0.2) is 16.3 Å². The maximum absolute atomic E-state index is 4.55. The van der Waals surface area contributed by atoms with Crippen LogP contribution in [0.1, 0.15) is 26.5 Å². The van der Waals surface area contributed by atoms with Crippen LogP contribution in [-0.2, 0) is 6.54 Å². The van der Waals surface area contributed by atoms with Gasteiger partial charge in [0.15, 0.2) is 5.82 Å². The second-order valence-electron chi connectivity index (χ2n) is 3.62. The Balaban J connectivity index is 0.000000861. The van der Waals surface area contributed by atoms with Gasteiger partial charge in [-0.05, 0) is 19.7 Å². The number of aliphatic imine (C=N–C) groups is 1. The Hall–Kier alpha value is -2.16. The Bertz CT molecular complexity index is 539. The molecular formula is C16H21N3. The highest BCUT2D eigenvalue weighted by atomic mass is 15.2. The molecule has 2 rings (SSSR count). The molecule has 0 saturated heterocycles. The van der Waals surface area contributed by atoms with Crippen LogP contribution in [0.3, 0.4) is 0 Å². The molecule has 1 heterocycles. The highest BCUT2D eigenvalue weighted by Gasteiger charge is 2.13. The third kappa shape index (κ3) is 2.99. The molecule has 0 aliphatic carbocycles. The second-order valence-corrected chi connectivity index (χ2v) is 3.62. The zero-order valence-electron chi connectivity index (χ0n) is 11.9. The minimum atomic E-state index is 0.778. The summed E-state index contributed by atoms with van der Waals surface area (Å²) in [5.41, 5.74) is 1.85. The predicted octanol–water partition coefficient (Wildman–Crippen LogP) is 4.57. The lowest BCUT2D eigenvalue weighted by atomic mass is 10.2. The topological polar surface area (TPSA) is 30.2 Å². The van der Waals surface area contributed by atoms with Gasteiger partial charge >= 0.3 is 0 Å². The van der Waals surface area contributed by atoms with Gasteiger partial charge in [0.25, 0.3) is 0 Å². The summed E-state index contributed by atoms with van der Waals surface area (Å²) in [6.07, 6.45) is 1.71. The molecule has 0 aliphatic rings. The fourth-order valence-corrected chi connectivity index (χ4v) is 1.87. The van der Waals surface area contributed by atoms with Crippen molar-refractivity contribution >= 4 is 18.6 Å². The van der Waals surface area contributed by atoms with Crippen LogP contribution in [0.2, 0.25) is 0 Å². The Kier molecular flexibility index (Phi) is 5.73. The van der Waals surface area contributed by atoms with Crippen LogP contribution in [0.25, 0.3) is 17.5 Å². The predicted molar refractivity (Wildman–Crippen MR) is 84.0 cm³/mol. The van der Waals surface area contributed by atoms with Crippen LogP contribution >= 0.6 is 0 Å². The molecule has 100 valence electrons. The summed E-state index contributed by atoms with van der Waals surface area (Å²) in [4.78, 5) is 8.59. The zero-order chi connectivity index (χ0) is 14.3. The van der Waals surface area contributed by atoms with Crippen molar-refractivity contribution in [1.29, 1.82) is 0 Å². The van der Waals surface area contributed by atoms with Crippen molar-refractivity contribution in [2.45, 2.75) is 27.3 Å². The minimum Gasteiger partial charge on any atom is -0.309 e. The summed E-state index contributed by atoms with van der Waals surface area (Å²) >= 11 is 0. The van der Waals surface area contributed by atoms with Gasteiger partial charge < -0.3 is 4.57 Å². The molecule has 0 spiro atoms. The van der Waals surface area contributed by atoms with Crippen LogP contribution in [0.15, 0.2) is 41.9 Å². The summed E-state index contributed by atoms with van der Waals surface area (Å²) in [7, 11) is 0. The van der Waals surface area contributed by atoms with Crippen molar-refractivity contribution in [2.24, 2.45) is 4.99 Å². The van der Waals surface area contributed by atoms with E-state index in [1.54, 1.807) is 6.08 Å². The van der Waals surface area contributed by atoms with Crippen LogP contribution in [0.4, 0.5) is 5.82 Å². The molecule has 3 nitrogen and oxygen atoms in total. The molecule has 1 aromatic heterocycles. The third-order valence-electron chi connectivity index (χ3n) is 2.66. The quantitative estimate of drug-likeness (QED) is 0.736. The molecule has 0 amide bonds. The monoisotopic (exact) mass is 255 g/mol. The van der Waals surface area contributed by atoms with E-state index < -0.39 is 0 Å². The molecule has 0 unspecified atom stereocenters. The normalized spacial score (nSPS) is 9.42. The lowest BCUT2D eigenvalue weighted by molar-refractivity contribution is 0.774. The van der Waals surface area contributed by atoms with E-state index in [1.807, 2.05) is 48.7 Å². The van der Waals surface area contributed by atoms with E-state index in [0.717, 1.165) is 29.4 Å². The van der Waals surface area contributed by atoms with Gasteiger partial charge in [0.2, 0.25) is 0 Å². The summed E-state index contributed by atoms with van der Waals surface area (Å²) in [5, 5.41) is 0. The second kappa shape index (κ2) is 7.31.